The molecule has 0 spiro atoms. The van der Waals surface area contributed by atoms with Crippen molar-refractivity contribution in [1.82, 2.24) is 0 Å². The first-order chi connectivity index (χ1) is 14.9. The molecule has 1 aliphatic rings. The third-order valence-corrected chi connectivity index (χ3v) is 6.78. The van der Waals surface area contributed by atoms with Crippen molar-refractivity contribution >= 4 is 46.6 Å². The van der Waals surface area contributed by atoms with Gasteiger partial charge in [0, 0.05) is 11.4 Å². The molecule has 31 heavy (non-hydrogen) atoms. The molecule has 1 saturated heterocycles. The molecule has 3 aromatic rings. The van der Waals surface area contributed by atoms with Crippen LogP contribution in [0, 0.1) is 13.8 Å². The third-order valence-electron chi connectivity index (χ3n) is 5.11. The molecule has 0 bridgehead atoms. The van der Waals surface area contributed by atoms with E-state index in [4.69, 9.17) is 11.6 Å². The van der Waals surface area contributed by atoms with E-state index in [1.54, 1.807) is 11.8 Å². The monoisotopic (exact) mass is 450 g/mol. The average molecular weight is 451 g/mol. The van der Waals surface area contributed by atoms with Crippen LogP contribution in [0.1, 0.15) is 33.0 Å². The topological polar surface area (TPSA) is 49.4 Å². The predicted molar refractivity (Wildman–Crippen MR) is 129 cm³/mol. The second-order valence-corrected chi connectivity index (χ2v) is 9.17. The summed E-state index contributed by atoms with van der Waals surface area (Å²) in [5, 5.41) is 1.98. The van der Waals surface area contributed by atoms with E-state index in [1.165, 1.54) is 0 Å². The highest BCUT2D eigenvalue weighted by molar-refractivity contribution is 8.00. The Hall–Kier alpha value is -2.76. The minimum Gasteiger partial charge on any atom is -0.324 e. The molecule has 6 heteroatoms. The molecule has 0 radical (unpaired) electrons. The fraction of sp³-hybridized carbons (Fsp3) is 0.200. The fourth-order valence-electron chi connectivity index (χ4n) is 3.79. The Morgan fingerprint density at radius 2 is 1.74 bits per heavy atom. The summed E-state index contributed by atoms with van der Waals surface area (Å²) in [6.45, 7) is 4.06. The van der Waals surface area contributed by atoms with Gasteiger partial charge >= 0.3 is 0 Å². The van der Waals surface area contributed by atoms with Crippen LogP contribution < -0.4 is 10.2 Å². The summed E-state index contributed by atoms with van der Waals surface area (Å²) in [4.78, 5) is 27.2. The lowest BCUT2D eigenvalue weighted by Gasteiger charge is -2.25. The third kappa shape index (κ3) is 4.78. The van der Waals surface area contributed by atoms with Gasteiger partial charge in [0.25, 0.3) is 0 Å². The lowest BCUT2D eigenvalue weighted by molar-refractivity contribution is -0.116. The Kier molecular flexibility index (Phi) is 6.35. The summed E-state index contributed by atoms with van der Waals surface area (Å²) in [6.07, 6.45) is 0. The number of carbonyl (C=O) groups excluding carboxylic acids is 2. The van der Waals surface area contributed by atoms with E-state index in [-0.39, 0.29) is 17.2 Å². The van der Waals surface area contributed by atoms with E-state index in [9.17, 15) is 9.59 Å². The predicted octanol–water partition coefficient (Wildman–Crippen LogP) is 6.00. The molecule has 2 atom stereocenters. The normalized spacial score (nSPS) is 16.9. The Labute approximate surface area is 191 Å². The summed E-state index contributed by atoms with van der Waals surface area (Å²) in [5.41, 5.74) is 5.50. The lowest BCUT2D eigenvalue weighted by Crippen LogP contribution is -2.28. The Bertz CT molecular complexity index is 1100. The second kappa shape index (κ2) is 9.16. The molecule has 0 aliphatic carbocycles. The number of nitrogens with one attached hydrogen (secondary N) is 1. The van der Waals surface area contributed by atoms with Crippen LogP contribution in [0.5, 0.6) is 0 Å². The van der Waals surface area contributed by atoms with Crippen LogP contribution in [0.3, 0.4) is 0 Å². The quantitative estimate of drug-likeness (QED) is 0.485. The summed E-state index contributed by atoms with van der Waals surface area (Å²) < 4.78 is 0. The first-order valence-electron chi connectivity index (χ1n) is 10.0. The highest BCUT2D eigenvalue weighted by Gasteiger charge is 2.34. The van der Waals surface area contributed by atoms with Crippen LogP contribution >= 0.6 is 23.4 Å². The van der Waals surface area contributed by atoms with Crippen LogP contribution in [0.4, 0.5) is 11.4 Å². The molecule has 1 aliphatic heterocycles. The van der Waals surface area contributed by atoms with E-state index >= 15 is 0 Å². The van der Waals surface area contributed by atoms with Crippen molar-refractivity contribution in [3.8, 4) is 0 Å². The lowest BCUT2D eigenvalue weighted by atomic mass is 10.1. The number of benzene rings is 3. The van der Waals surface area contributed by atoms with E-state index in [0.717, 1.165) is 27.9 Å². The number of rotatable bonds is 5. The maximum absolute atomic E-state index is 12.7. The largest absolute Gasteiger partial charge is 0.324 e. The molecule has 0 saturated carbocycles. The Morgan fingerprint density at radius 1 is 1.03 bits per heavy atom. The SMILES string of the molecule is Cc1cc(C)cc(N2C(=O)CS[C@@H]2c2cccc(NC(=O)[C@H](Cl)c3ccccc3)c2)c1. The number of nitrogens with zero attached hydrogens (tertiary/aromatic N) is 1. The molecule has 1 fully saturated rings. The number of carbonyl (C=O) groups is 2. The molecular weight excluding hydrogens is 428 g/mol. The number of amides is 2. The number of halogens is 1. The number of hydrogen-bond acceptors (Lipinski definition) is 3. The molecule has 1 heterocycles. The van der Waals surface area contributed by atoms with Gasteiger partial charge in [0.1, 0.15) is 10.8 Å². The zero-order valence-corrected chi connectivity index (χ0v) is 18.9. The Balaban J connectivity index is 1.57. The van der Waals surface area contributed by atoms with Crippen molar-refractivity contribution in [1.29, 1.82) is 0 Å². The molecular formula is C25H23ClN2O2S. The van der Waals surface area contributed by atoms with E-state index in [0.29, 0.717) is 11.4 Å². The standard InChI is InChI=1S/C25H23ClN2O2S/c1-16-11-17(2)13-21(12-16)28-22(29)15-31-25(28)19-9-6-10-20(14-19)27-24(30)23(26)18-7-4-3-5-8-18/h3-14,23,25H,15H2,1-2H3,(H,27,30)/t23-,25-/m1/s1. The molecule has 0 aromatic heterocycles. The molecule has 0 unspecified atom stereocenters. The molecule has 3 aromatic carbocycles. The van der Waals surface area contributed by atoms with Gasteiger partial charge in [0.15, 0.2) is 0 Å². The van der Waals surface area contributed by atoms with Gasteiger partial charge in [-0.05, 0) is 60.4 Å². The van der Waals surface area contributed by atoms with Crippen LogP contribution in [-0.2, 0) is 9.59 Å². The van der Waals surface area contributed by atoms with Crippen molar-refractivity contribution in [3.05, 3.63) is 95.1 Å². The summed E-state index contributed by atoms with van der Waals surface area (Å²) in [7, 11) is 0. The highest BCUT2D eigenvalue weighted by Crippen LogP contribution is 2.42. The van der Waals surface area contributed by atoms with Crippen molar-refractivity contribution < 1.29 is 9.59 Å². The molecule has 2 amide bonds. The average Bonchev–Trinajstić information content (AvgIpc) is 3.15. The number of hydrogen-bond donors (Lipinski definition) is 1. The number of aryl methyl sites for hydroxylation is 2. The molecule has 4 rings (SSSR count). The molecule has 1 N–H and O–H groups in total. The van der Waals surface area contributed by atoms with Gasteiger partial charge in [0.05, 0.1) is 5.75 Å². The summed E-state index contributed by atoms with van der Waals surface area (Å²) >= 11 is 7.94. The minimum absolute atomic E-state index is 0.0827. The maximum Gasteiger partial charge on any atom is 0.246 e. The summed E-state index contributed by atoms with van der Waals surface area (Å²) in [5.74, 6) is 0.220. The van der Waals surface area contributed by atoms with Gasteiger partial charge in [-0.15, -0.1) is 23.4 Å². The van der Waals surface area contributed by atoms with Crippen LogP contribution in [0.25, 0.3) is 0 Å². The van der Waals surface area contributed by atoms with Gasteiger partial charge in [-0.2, -0.15) is 0 Å². The van der Waals surface area contributed by atoms with Gasteiger partial charge in [-0.3, -0.25) is 14.5 Å². The first kappa shape index (κ1) is 21.5. The van der Waals surface area contributed by atoms with Crippen molar-refractivity contribution in [3.63, 3.8) is 0 Å². The van der Waals surface area contributed by atoms with Crippen molar-refractivity contribution in [2.24, 2.45) is 0 Å². The fourth-order valence-corrected chi connectivity index (χ4v) is 5.16. The van der Waals surface area contributed by atoms with E-state index < -0.39 is 5.38 Å². The minimum atomic E-state index is -0.779. The van der Waals surface area contributed by atoms with Crippen molar-refractivity contribution in [2.45, 2.75) is 24.6 Å². The zero-order valence-electron chi connectivity index (χ0n) is 17.3. The number of thioether (sulfide) groups is 1. The number of anilines is 2. The smallest absolute Gasteiger partial charge is 0.246 e. The van der Waals surface area contributed by atoms with Gasteiger partial charge < -0.3 is 5.32 Å². The van der Waals surface area contributed by atoms with Crippen LogP contribution in [-0.4, -0.2) is 17.6 Å². The van der Waals surface area contributed by atoms with E-state index in [2.05, 4.69) is 11.4 Å². The van der Waals surface area contributed by atoms with Crippen LogP contribution in [0.15, 0.2) is 72.8 Å². The number of alkyl halides is 1. The van der Waals surface area contributed by atoms with Gasteiger partial charge in [-0.25, -0.2) is 0 Å². The summed E-state index contributed by atoms with van der Waals surface area (Å²) in [6, 6.07) is 23.0. The maximum atomic E-state index is 12.7. The highest BCUT2D eigenvalue weighted by atomic mass is 35.5. The van der Waals surface area contributed by atoms with Crippen molar-refractivity contribution in [2.75, 3.05) is 16.0 Å². The first-order valence-corrected chi connectivity index (χ1v) is 11.5. The van der Waals surface area contributed by atoms with Gasteiger partial charge in [0.2, 0.25) is 11.8 Å². The zero-order chi connectivity index (χ0) is 22.0. The Morgan fingerprint density at radius 3 is 2.45 bits per heavy atom. The van der Waals surface area contributed by atoms with Crippen LogP contribution in [0.2, 0.25) is 0 Å². The molecule has 158 valence electrons. The van der Waals surface area contributed by atoms with Gasteiger partial charge in [-0.1, -0.05) is 48.5 Å². The molecule has 4 nitrogen and oxygen atoms in total. The second-order valence-electron chi connectivity index (χ2n) is 7.66. The van der Waals surface area contributed by atoms with E-state index in [1.807, 2.05) is 85.5 Å².